The first-order valence-electron chi connectivity index (χ1n) is 11.7. The molecule has 1 aromatic carbocycles. The highest BCUT2D eigenvalue weighted by atomic mass is 16.5. The zero-order chi connectivity index (χ0) is 23.4. The highest BCUT2D eigenvalue weighted by Gasteiger charge is 2.33. The van der Waals surface area contributed by atoms with Gasteiger partial charge in [-0.15, -0.1) is 0 Å². The van der Waals surface area contributed by atoms with Gasteiger partial charge in [-0.05, 0) is 43.4 Å². The van der Waals surface area contributed by atoms with Crippen LogP contribution in [0.15, 0.2) is 30.3 Å². The number of carbonyl (C=O) groups is 1. The van der Waals surface area contributed by atoms with Crippen LogP contribution in [0, 0.1) is 11.3 Å². The Balaban J connectivity index is 1.63. The highest BCUT2D eigenvalue weighted by molar-refractivity contribution is 5.77. The molecule has 2 fully saturated rings. The molecule has 4 rings (SSSR count). The largest absolute Gasteiger partial charge is 0.396 e. The maximum atomic E-state index is 12.5. The van der Waals surface area contributed by atoms with Crippen molar-refractivity contribution in [3.05, 3.63) is 47.2 Å². The third kappa shape index (κ3) is 5.18. The minimum Gasteiger partial charge on any atom is -0.396 e. The molecular weight excluding hydrogens is 416 g/mol. The Hall–Kier alpha value is -2.95. The quantitative estimate of drug-likeness (QED) is 0.667. The van der Waals surface area contributed by atoms with Crippen LogP contribution in [0.25, 0.3) is 11.1 Å². The van der Waals surface area contributed by atoms with E-state index >= 15 is 0 Å². The van der Waals surface area contributed by atoms with Crippen LogP contribution in [-0.2, 0) is 16.0 Å². The van der Waals surface area contributed by atoms with Crippen molar-refractivity contribution in [3.63, 3.8) is 0 Å². The van der Waals surface area contributed by atoms with Crippen LogP contribution in [0.5, 0.6) is 0 Å². The highest BCUT2D eigenvalue weighted by Crippen LogP contribution is 2.45. The number of carbonyl (C=O) groups excluding carboxylic acids is 1. The molecule has 2 heterocycles. The number of hydrogen-bond acceptors (Lipinski definition) is 6. The number of pyridine rings is 1. The fraction of sp³-hybridized carbons (Fsp3) is 0.500. The van der Waals surface area contributed by atoms with Crippen LogP contribution in [0.1, 0.15) is 48.9 Å². The molecule has 2 aliphatic rings. The number of benzene rings is 1. The van der Waals surface area contributed by atoms with E-state index in [-0.39, 0.29) is 18.6 Å². The van der Waals surface area contributed by atoms with Crippen LogP contribution in [-0.4, -0.2) is 66.9 Å². The van der Waals surface area contributed by atoms with Gasteiger partial charge in [-0.1, -0.05) is 24.3 Å². The van der Waals surface area contributed by atoms with E-state index in [9.17, 15) is 15.2 Å². The normalized spacial score (nSPS) is 18.3. The van der Waals surface area contributed by atoms with Crippen molar-refractivity contribution in [2.24, 2.45) is 0 Å². The number of nitrogens with zero attached hydrogens (tertiary/aromatic N) is 4. The van der Waals surface area contributed by atoms with Gasteiger partial charge in [0.25, 0.3) is 0 Å². The Morgan fingerprint density at radius 1 is 1.30 bits per heavy atom. The fourth-order valence-electron chi connectivity index (χ4n) is 4.62. The topological polar surface area (TPSA) is 89.7 Å². The Kier molecular flexibility index (Phi) is 7.26. The van der Waals surface area contributed by atoms with Gasteiger partial charge < -0.3 is 19.6 Å². The van der Waals surface area contributed by atoms with E-state index < -0.39 is 0 Å². The number of hydrogen-bond donors (Lipinski definition) is 1. The number of ether oxygens (including phenoxy) is 1. The molecule has 2 aromatic rings. The minimum atomic E-state index is 0.0377. The van der Waals surface area contributed by atoms with Crippen molar-refractivity contribution in [2.75, 3.05) is 44.9 Å². The first-order valence-corrected chi connectivity index (χ1v) is 11.7. The molecular formula is C26H32N4O3. The summed E-state index contributed by atoms with van der Waals surface area (Å²) in [6.07, 6.45) is 3.21. The number of aliphatic hydroxyl groups excluding tert-OH is 1. The van der Waals surface area contributed by atoms with Crippen LogP contribution in [0.2, 0.25) is 0 Å². The lowest BCUT2D eigenvalue weighted by atomic mass is 9.97. The number of piperazine rings is 1. The lowest BCUT2D eigenvalue weighted by Crippen LogP contribution is -2.54. The Bertz CT molecular complexity index is 1040. The smallest absolute Gasteiger partial charge is 0.225 e. The molecule has 174 valence electrons. The molecule has 1 N–H and O–H groups in total. The fourth-order valence-corrected chi connectivity index (χ4v) is 4.62. The first-order chi connectivity index (χ1) is 16.0. The molecule has 0 radical (unpaired) electrons. The molecule has 1 amide bonds. The first kappa shape index (κ1) is 23.2. The summed E-state index contributed by atoms with van der Waals surface area (Å²) in [4.78, 5) is 21.6. The lowest BCUT2D eigenvalue weighted by Gasteiger charge is -2.41. The number of aliphatic hydroxyl groups is 1. The van der Waals surface area contributed by atoms with E-state index in [0.717, 1.165) is 41.0 Å². The molecule has 33 heavy (non-hydrogen) atoms. The maximum Gasteiger partial charge on any atom is 0.225 e. The summed E-state index contributed by atoms with van der Waals surface area (Å²) >= 11 is 0. The van der Waals surface area contributed by atoms with Gasteiger partial charge in [0.15, 0.2) is 0 Å². The van der Waals surface area contributed by atoms with Gasteiger partial charge >= 0.3 is 0 Å². The zero-order valence-corrected chi connectivity index (χ0v) is 19.5. The van der Waals surface area contributed by atoms with E-state index in [1.165, 1.54) is 0 Å². The summed E-state index contributed by atoms with van der Waals surface area (Å²) in [5.74, 6) is 1.25. The number of aromatic nitrogens is 1. The summed E-state index contributed by atoms with van der Waals surface area (Å²) in [5.41, 5.74) is 4.74. The predicted octanol–water partition coefficient (Wildman–Crippen LogP) is 3.11. The van der Waals surface area contributed by atoms with Crippen molar-refractivity contribution in [2.45, 2.75) is 44.6 Å². The second-order valence-electron chi connectivity index (χ2n) is 8.98. The van der Waals surface area contributed by atoms with Crippen LogP contribution in [0.4, 0.5) is 5.82 Å². The summed E-state index contributed by atoms with van der Waals surface area (Å²) in [5, 5.41) is 19.3. The van der Waals surface area contributed by atoms with Crippen LogP contribution >= 0.6 is 0 Å². The van der Waals surface area contributed by atoms with Gasteiger partial charge in [0.05, 0.1) is 24.3 Å². The Morgan fingerprint density at radius 2 is 2.12 bits per heavy atom. The Labute approximate surface area is 195 Å². The van der Waals surface area contributed by atoms with Crippen molar-refractivity contribution < 1.29 is 14.6 Å². The van der Waals surface area contributed by atoms with Crippen molar-refractivity contribution in [1.29, 1.82) is 5.26 Å². The van der Waals surface area contributed by atoms with Gasteiger partial charge in [0, 0.05) is 50.9 Å². The minimum absolute atomic E-state index is 0.0377. The molecule has 1 aliphatic heterocycles. The number of anilines is 1. The number of rotatable bonds is 8. The van der Waals surface area contributed by atoms with Crippen molar-refractivity contribution in [3.8, 4) is 17.2 Å². The van der Waals surface area contributed by atoms with Crippen LogP contribution < -0.4 is 4.90 Å². The Morgan fingerprint density at radius 3 is 2.79 bits per heavy atom. The third-order valence-corrected chi connectivity index (χ3v) is 6.52. The lowest BCUT2D eigenvalue weighted by molar-refractivity contribution is -0.134. The van der Waals surface area contributed by atoms with Crippen molar-refractivity contribution in [1.82, 2.24) is 9.88 Å². The van der Waals surface area contributed by atoms with E-state index in [1.54, 1.807) is 7.11 Å². The number of amides is 1. The van der Waals surface area contributed by atoms with Gasteiger partial charge in [0.1, 0.15) is 11.9 Å². The molecule has 7 nitrogen and oxygen atoms in total. The molecule has 7 heteroatoms. The molecule has 0 unspecified atom stereocenters. The number of methoxy groups -OCH3 is 1. The average molecular weight is 449 g/mol. The van der Waals surface area contributed by atoms with Gasteiger partial charge in [-0.2, -0.15) is 5.26 Å². The molecule has 1 atom stereocenters. The van der Waals surface area contributed by atoms with Gasteiger partial charge in [-0.25, -0.2) is 4.98 Å². The van der Waals surface area contributed by atoms with Crippen molar-refractivity contribution >= 4 is 11.7 Å². The second kappa shape index (κ2) is 10.3. The SMILES string of the molecule is COCCC(=O)N1CCN(c2nc(C3CC3)c(-c3cccc(CCO)c3)cc2C#N)C[C@H]1C. The van der Waals surface area contributed by atoms with E-state index in [0.29, 0.717) is 50.6 Å². The van der Waals surface area contributed by atoms with E-state index in [2.05, 4.69) is 23.1 Å². The summed E-state index contributed by atoms with van der Waals surface area (Å²) in [6.45, 7) is 4.50. The third-order valence-electron chi connectivity index (χ3n) is 6.52. The van der Waals surface area contributed by atoms with Crippen LogP contribution in [0.3, 0.4) is 0 Å². The van der Waals surface area contributed by atoms with Gasteiger partial charge in [0.2, 0.25) is 5.91 Å². The monoisotopic (exact) mass is 448 g/mol. The zero-order valence-electron chi connectivity index (χ0n) is 19.5. The number of nitriles is 1. The van der Waals surface area contributed by atoms with E-state index in [4.69, 9.17) is 9.72 Å². The standard InChI is InChI=1S/C26H32N4O3/c1-18-17-29(10-11-30(18)24(32)9-13-33-2)26-22(16-27)15-23(25(28-26)20-6-7-20)21-5-3-4-19(14-21)8-12-31/h3-5,14-15,18,20,31H,6-13,17H2,1-2H3/t18-/m1/s1. The van der Waals surface area contributed by atoms with E-state index in [1.807, 2.05) is 30.0 Å². The second-order valence-corrected chi connectivity index (χ2v) is 8.98. The molecule has 1 aromatic heterocycles. The summed E-state index contributed by atoms with van der Waals surface area (Å²) < 4.78 is 5.05. The molecule has 0 bridgehead atoms. The summed E-state index contributed by atoms with van der Waals surface area (Å²) in [7, 11) is 1.60. The predicted molar refractivity (Wildman–Crippen MR) is 127 cm³/mol. The molecule has 0 spiro atoms. The average Bonchev–Trinajstić information content (AvgIpc) is 3.67. The maximum absolute atomic E-state index is 12.5. The molecule has 1 aliphatic carbocycles. The van der Waals surface area contributed by atoms with Gasteiger partial charge in [-0.3, -0.25) is 4.79 Å². The molecule has 1 saturated carbocycles. The molecule has 1 saturated heterocycles. The summed E-state index contributed by atoms with van der Waals surface area (Å²) in [6, 6.07) is 12.5.